The monoisotopic (exact) mass is 382 g/mol. The highest BCUT2D eigenvalue weighted by Crippen LogP contribution is 2.25. The maximum atomic E-state index is 13.0. The largest absolute Gasteiger partial charge is 0.497 e. The smallest absolute Gasteiger partial charge is 0.258 e. The maximum absolute atomic E-state index is 13.0. The number of anilines is 1. The Balaban J connectivity index is 1.70. The van der Waals surface area contributed by atoms with E-state index in [1.807, 2.05) is 36.4 Å². The van der Waals surface area contributed by atoms with Crippen molar-refractivity contribution >= 4 is 17.5 Å². The summed E-state index contributed by atoms with van der Waals surface area (Å²) in [6, 6.07) is 14.6. The molecule has 3 rings (SSSR count). The molecule has 0 atom stereocenters. The molecule has 6 heteroatoms. The third-order valence-electron chi connectivity index (χ3n) is 4.75. The minimum absolute atomic E-state index is 0.0410. The maximum Gasteiger partial charge on any atom is 0.258 e. The Kier molecular flexibility index (Phi) is 6.53. The van der Waals surface area contributed by atoms with Gasteiger partial charge in [0.2, 0.25) is 5.91 Å². The van der Waals surface area contributed by atoms with Crippen molar-refractivity contribution in [1.29, 1.82) is 0 Å². The van der Waals surface area contributed by atoms with Crippen LogP contribution in [-0.4, -0.2) is 50.1 Å². The minimum Gasteiger partial charge on any atom is -0.497 e. The van der Waals surface area contributed by atoms with E-state index in [-0.39, 0.29) is 18.4 Å². The number of benzene rings is 2. The summed E-state index contributed by atoms with van der Waals surface area (Å²) in [4.78, 5) is 29.0. The van der Waals surface area contributed by atoms with Crippen molar-refractivity contribution in [2.45, 2.75) is 19.8 Å². The van der Waals surface area contributed by atoms with E-state index in [4.69, 9.17) is 9.47 Å². The first-order chi connectivity index (χ1) is 13.6. The summed E-state index contributed by atoms with van der Waals surface area (Å²) in [5.74, 6) is 0.980. The molecule has 0 radical (unpaired) electrons. The summed E-state index contributed by atoms with van der Waals surface area (Å²) in [5.41, 5.74) is 1.28. The number of hydrogen-bond acceptors (Lipinski definition) is 4. The molecule has 0 unspecified atom stereocenters. The number of amides is 2. The quantitative estimate of drug-likeness (QED) is 0.689. The van der Waals surface area contributed by atoms with Crippen molar-refractivity contribution < 1.29 is 19.1 Å². The van der Waals surface area contributed by atoms with Gasteiger partial charge in [0.25, 0.3) is 5.91 Å². The van der Waals surface area contributed by atoms with Crippen LogP contribution in [0, 0.1) is 0 Å². The zero-order valence-corrected chi connectivity index (χ0v) is 16.4. The molecule has 1 aliphatic heterocycles. The Morgan fingerprint density at radius 1 is 1.11 bits per heavy atom. The second-order valence-corrected chi connectivity index (χ2v) is 6.67. The van der Waals surface area contributed by atoms with Crippen molar-refractivity contribution in [2.75, 3.05) is 38.3 Å². The number of nitrogens with zero attached hydrogens (tertiary/aromatic N) is 2. The predicted molar refractivity (Wildman–Crippen MR) is 108 cm³/mol. The summed E-state index contributed by atoms with van der Waals surface area (Å²) >= 11 is 0. The van der Waals surface area contributed by atoms with Gasteiger partial charge < -0.3 is 19.3 Å². The molecule has 148 valence electrons. The number of carbonyl (C=O) groups is 2. The molecule has 0 aromatic heterocycles. The third kappa shape index (κ3) is 4.44. The van der Waals surface area contributed by atoms with E-state index >= 15 is 0 Å². The van der Waals surface area contributed by atoms with Crippen LogP contribution in [0.5, 0.6) is 11.5 Å². The van der Waals surface area contributed by atoms with E-state index in [9.17, 15) is 9.59 Å². The van der Waals surface area contributed by atoms with Crippen LogP contribution in [0.2, 0.25) is 0 Å². The van der Waals surface area contributed by atoms with Gasteiger partial charge in [0.1, 0.15) is 18.0 Å². The number of ether oxygens (including phenoxy) is 2. The lowest BCUT2D eigenvalue weighted by atomic mass is 10.1. The lowest BCUT2D eigenvalue weighted by molar-refractivity contribution is -0.120. The van der Waals surface area contributed by atoms with Crippen molar-refractivity contribution in [1.82, 2.24) is 4.90 Å². The highest BCUT2D eigenvalue weighted by molar-refractivity contribution is 6.02. The lowest BCUT2D eigenvalue weighted by Crippen LogP contribution is -2.52. The molecule has 0 saturated carbocycles. The number of piperazine rings is 1. The Morgan fingerprint density at radius 2 is 1.93 bits per heavy atom. The Bertz CT molecular complexity index is 837. The molecule has 2 amide bonds. The van der Waals surface area contributed by atoms with Gasteiger partial charge in [-0.05, 0) is 30.7 Å². The van der Waals surface area contributed by atoms with Crippen molar-refractivity contribution in [3.63, 3.8) is 0 Å². The summed E-state index contributed by atoms with van der Waals surface area (Å²) in [6.07, 6.45) is 1.96. The summed E-state index contributed by atoms with van der Waals surface area (Å²) in [5, 5.41) is 0. The average molecular weight is 382 g/mol. The summed E-state index contributed by atoms with van der Waals surface area (Å²) in [7, 11) is 1.59. The van der Waals surface area contributed by atoms with Crippen LogP contribution in [-0.2, 0) is 4.79 Å². The molecular weight excluding hydrogens is 356 g/mol. The van der Waals surface area contributed by atoms with Gasteiger partial charge in [0.05, 0.1) is 19.3 Å². The van der Waals surface area contributed by atoms with Gasteiger partial charge in [-0.2, -0.15) is 0 Å². The van der Waals surface area contributed by atoms with Crippen LogP contribution in [0.3, 0.4) is 0 Å². The normalized spacial score (nSPS) is 14.1. The van der Waals surface area contributed by atoms with E-state index in [0.29, 0.717) is 36.8 Å². The Labute approximate surface area is 165 Å². The van der Waals surface area contributed by atoms with E-state index in [0.717, 1.165) is 18.5 Å². The van der Waals surface area contributed by atoms with Crippen molar-refractivity contribution in [3.8, 4) is 11.5 Å². The number of hydrogen-bond donors (Lipinski definition) is 0. The van der Waals surface area contributed by atoms with Gasteiger partial charge >= 0.3 is 0 Å². The molecule has 0 aliphatic carbocycles. The highest BCUT2D eigenvalue weighted by atomic mass is 16.5. The van der Waals surface area contributed by atoms with Crippen molar-refractivity contribution in [2.24, 2.45) is 0 Å². The molecule has 28 heavy (non-hydrogen) atoms. The Hall–Kier alpha value is -3.02. The fraction of sp³-hybridized carbons (Fsp3) is 0.364. The third-order valence-corrected chi connectivity index (χ3v) is 4.75. The minimum atomic E-state index is -0.175. The molecule has 6 nitrogen and oxygen atoms in total. The van der Waals surface area contributed by atoms with E-state index in [2.05, 4.69) is 6.92 Å². The van der Waals surface area contributed by atoms with Crippen LogP contribution in [0.25, 0.3) is 0 Å². The predicted octanol–water partition coefficient (Wildman–Crippen LogP) is 3.36. The second kappa shape index (κ2) is 9.26. The van der Waals surface area contributed by atoms with Gasteiger partial charge in [-0.3, -0.25) is 9.59 Å². The molecule has 1 fully saturated rings. The molecule has 1 saturated heterocycles. The molecule has 2 aromatic rings. The first-order valence-electron chi connectivity index (χ1n) is 9.59. The highest BCUT2D eigenvalue weighted by Gasteiger charge is 2.30. The fourth-order valence-electron chi connectivity index (χ4n) is 3.16. The molecule has 0 N–H and O–H groups in total. The lowest BCUT2D eigenvalue weighted by Gasteiger charge is -2.34. The zero-order valence-electron chi connectivity index (χ0n) is 16.4. The molecule has 1 heterocycles. The van der Waals surface area contributed by atoms with Crippen LogP contribution in [0.1, 0.15) is 30.1 Å². The van der Waals surface area contributed by atoms with Gasteiger partial charge in [0.15, 0.2) is 0 Å². The Morgan fingerprint density at radius 3 is 2.68 bits per heavy atom. The second-order valence-electron chi connectivity index (χ2n) is 6.67. The van der Waals surface area contributed by atoms with Crippen LogP contribution in [0.4, 0.5) is 5.69 Å². The molecule has 0 spiro atoms. The fourth-order valence-corrected chi connectivity index (χ4v) is 3.16. The summed E-state index contributed by atoms with van der Waals surface area (Å²) in [6.45, 7) is 3.61. The van der Waals surface area contributed by atoms with Gasteiger partial charge in [-0.1, -0.05) is 31.5 Å². The zero-order chi connectivity index (χ0) is 19.9. The number of carbonyl (C=O) groups excluding carboxylic acids is 2. The first-order valence-corrected chi connectivity index (χ1v) is 9.59. The topological polar surface area (TPSA) is 59.1 Å². The van der Waals surface area contributed by atoms with E-state index in [1.165, 1.54) is 0 Å². The van der Waals surface area contributed by atoms with Crippen LogP contribution >= 0.6 is 0 Å². The summed E-state index contributed by atoms with van der Waals surface area (Å²) < 4.78 is 11.0. The number of para-hydroxylation sites is 1. The standard InChI is InChI=1S/C22H26N2O4/c1-3-4-14-28-20-11-6-5-10-19(20)22(26)23-12-13-24(21(25)16-23)17-8-7-9-18(15-17)27-2/h5-11,15H,3-4,12-14,16H2,1-2H3. The molecule has 0 bridgehead atoms. The van der Waals surface area contributed by atoms with Crippen LogP contribution < -0.4 is 14.4 Å². The van der Waals surface area contributed by atoms with E-state index < -0.39 is 0 Å². The first kappa shape index (κ1) is 19.7. The van der Waals surface area contributed by atoms with Crippen LogP contribution in [0.15, 0.2) is 48.5 Å². The number of methoxy groups -OCH3 is 1. The van der Waals surface area contributed by atoms with Gasteiger partial charge in [-0.25, -0.2) is 0 Å². The van der Waals surface area contributed by atoms with E-state index in [1.54, 1.807) is 29.0 Å². The SMILES string of the molecule is CCCCOc1ccccc1C(=O)N1CCN(c2cccc(OC)c2)C(=O)C1. The number of unbranched alkanes of at least 4 members (excludes halogenated alkanes) is 1. The molecule has 2 aromatic carbocycles. The van der Waals surface area contributed by atoms with Gasteiger partial charge in [-0.15, -0.1) is 0 Å². The average Bonchev–Trinajstić information content (AvgIpc) is 2.73. The number of rotatable bonds is 7. The molecular formula is C22H26N2O4. The van der Waals surface area contributed by atoms with Crippen molar-refractivity contribution in [3.05, 3.63) is 54.1 Å². The molecule has 1 aliphatic rings. The van der Waals surface area contributed by atoms with Gasteiger partial charge in [0, 0.05) is 24.8 Å².